The monoisotopic (exact) mass is 354 g/mol. The molecule has 0 unspecified atom stereocenters. The van der Waals surface area contributed by atoms with Crippen LogP contribution in [0.15, 0.2) is 30.7 Å². The van der Waals surface area contributed by atoms with Gasteiger partial charge in [-0.3, -0.25) is 9.78 Å². The Hall–Kier alpha value is -2.35. The minimum atomic E-state index is -4.52. The van der Waals surface area contributed by atoms with E-state index in [1.807, 2.05) is 0 Å². The number of hydrogen-bond acceptors (Lipinski definition) is 5. The lowest BCUT2D eigenvalue weighted by Gasteiger charge is -2.08. The van der Waals surface area contributed by atoms with Crippen molar-refractivity contribution in [2.24, 2.45) is 0 Å². The van der Waals surface area contributed by atoms with E-state index in [0.29, 0.717) is 17.0 Å². The van der Waals surface area contributed by atoms with Crippen LogP contribution in [0.5, 0.6) is 0 Å². The number of carbonyl (C=O) groups is 1. The predicted octanol–water partition coefficient (Wildman–Crippen LogP) is 3.06. The fraction of sp³-hybridized carbons (Fsp3) is 0.412. The molecule has 0 aliphatic heterocycles. The number of nitrogens with one attached hydrogen (secondary N) is 1. The van der Waals surface area contributed by atoms with Gasteiger partial charge in [-0.25, -0.2) is 9.97 Å². The lowest BCUT2D eigenvalue weighted by molar-refractivity contribution is -0.141. The Kier molecular flexibility index (Phi) is 5.26. The summed E-state index contributed by atoms with van der Waals surface area (Å²) in [5.41, 5.74) is 0.242. The largest absolute Gasteiger partial charge is 0.433 e. The van der Waals surface area contributed by atoms with E-state index in [1.54, 1.807) is 19.9 Å². The van der Waals surface area contributed by atoms with Gasteiger partial charge in [-0.05, 0) is 24.6 Å². The molecule has 2 aromatic rings. The highest BCUT2D eigenvalue weighted by Gasteiger charge is 2.32. The molecule has 0 aliphatic rings. The molecule has 25 heavy (non-hydrogen) atoms. The topological polar surface area (TPSA) is 67.8 Å². The Balaban J connectivity index is 2.08. The number of ketones is 1. The number of pyridine rings is 1. The third kappa shape index (κ3) is 5.90. The van der Waals surface area contributed by atoms with E-state index in [0.717, 1.165) is 12.3 Å². The van der Waals surface area contributed by atoms with E-state index in [9.17, 15) is 18.0 Å². The number of carbonyl (C=O) groups excluding carboxylic acids is 1. The molecule has 0 fully saturated rings. The van der Waals surface area contributed by atoms with Gasteiger partial charge in [0.25, 0.3) is 0 Å². The molecule has 0 saturated carbocycles. The Morgan fingerprint density at radius 1 is 1.28 bits per heavy atom. The Morgan fingerprint density at radius 2 is 2.04 bits per heavy atom. The number of nitrogens with zero attached hydrogens (tertiary/aromatic N) is 3. The first kappa shape index (κ1) is 16.1. The first-order valence-corrected chi connectivity index (χ1v) is 7.64. The first-order chi connectivity index (χ1) is 12.5. The Bertz CT molecular complexity index is 796. The number of halogens is 3. The van der Waals surface area contributed by atoms with E-state index in [-0.39, 0.29) is 18.9 Å². The Morgan fingerprint density at radius 3 is 2.64 bits per heavy atom. The molecule has 0 bridgehead atoms. The molecule has 0 aromatic carbocycles. The Labute approximate surface area is 146 Å². The maximum absolute atomic E-state index is 12.6. The van der Waals surface area contributed by atoms with Crippen molar-refractivity contribution in [3.63, 3.8) is 0 Å². The van der Waals surface area contributed by atoms with Crippen LogP contribution < -0.4 is 5.32 Å². The highest BCUT2D eigenvalue weighted by Crippen LogP contribution is 2.28. The summed E-state index contributed by atoms with van der Waals surface area (Å²) in [4.78, 5) is 23.5. The van der Waals surface area contributed by atoms with E-state index < -0.39 is 24.2 Å². The van der Waals surface area contributed by atoms with Gasteiger partial charge in [0.2, 0.25) is 0 Å². The molecule has 5 nitrogen and oxygen atoms in total. The summed E-state index contributed by atoms with van der Waals surface area (Å²) in [5.74, 6) is -0.604. The number of hydrogen-bond donors (Lipinski definition) is 1. The van der Waals surface area contributed by atoms with Gasteiger partial charge in [0.15, 0.2) is 0 Å². The maximum Gasteiger partial charge on any atom is 0.433 e. The van der Waals surface area contributed by atoms with Crippen LogP contribution in [-0.2, 0) is 17.4 Å². The molecule has 8 heteroatoms. The van der Waals surface area contributed by atoms with Crippen molar-refractivity contribution < 1.29 is 20.7 Å². The fourth-order valence-electron chi connectivity index (χ4n) is 1.93. The van der Waals surface area contributed by atoms with Gasteiger partial charge < -0.3 is 5.32 Å². The standard InChI is InChI=1S/C17H19F3N4O/c1-11(2)21-9-14(25)5-4-13-7-15(24-10-23-13)12-3-6-16(22-8-12)17(18,19)20/h3,6-8,10-11,21H,4-5,9H2,1-2H3/i9D2. The van der Waals surface area contributed by atoms with Crippen LogP contribution in [0.2, 0.25) is 0 Å². The van der Waals surface area contributed by atoms with Gasteiger partial charge in [0.05, 0.1) is 14.9 Å². The molecule has 1 N–H and O–H groups in total. The average Bonchev–Trinajstić information content (AvgIpc) is 2.58. The lowest BCUT2D eigenvalue weighted by Crippen LogP contribution is -2.29. The van der Waals surface area contributed by atoms with Crippen molar-refractivity contribution in [1.29, 1.82) is 0 Å². The molecule has 0 atom stereocenters. The normalized spacial score (nSPS) is 13.5. The molecular formula is C17H19F3N4O. The minimum Gasteiger partial charge on any atom is -0.308 e. The van der Waals surface area contributed by atoms with Crippen LogP contribution in [0, 0.1) is 0 Å². The summed E-state index contributed by atoms with van der Waals surface area (Å²) in [6, 6.07) is 3.48. The molecule has 0 amide bonds. The van der Waals surface area contributed by atoms with Gasteiger partial charge in [0.1, 0.15) is 17.8 Å². The van der Waals surface area contributed by atoms with Crippen LogP contribution in [0.3, 0.4) is 0 Å². The summed E-state index contributed by atoms with van der Waals surface area (Å²) in [6.45, 7) is 1.33. The fourth-order valence-corrected chi connectivity index (χ4v) is 1.93. The van der Waals surface area contributed by atoms with Crippen LogP contribution in [0.4, 0.5) is 13.2 Å². The maximum atomic E-state index is 12.6. The van der Waals surface area contributed by atoms with Crippen LogP contribution in [-0.4, -0.2) is 33.3 Å². The smallest absolute Gasteiger partial charge is 0.308 e. The highest BCUT2D eigenvalue weighted by molar-refractivity contribution is 5.80. The van der Waals surface area contributed by atoms with Crippen molar-refractivity contribution in [1.82, 2.24) is 20.3 Å². The van der Waals surface area contributed by atoms with Gasteiger partial charge >= 0.3 is 6.18 Å². The van der Waals surface area contributed by atoms with Crippen LogP contribution in [0.25, 0.3) is 11.3 Å². The van der Waals surface area contributed by atoms with E-state index in [1.165, 1.54) is 12.4 Å². The minimum absolute atomic E-state index is 0.0750. The second kappa shape index (κ2) is 8.15. The molecule has 0 radical (unpaired) electrons. The van der Waals surface area contributed by atoms with Crippen molar-refractivity contribution in [2.45, 2.75) is 38.9 Å². The average molecular weight is 354 g/mol. The van der Waals surface area contributed by atoms with Gasteiger partial charge in [-0.15, -0.1) is 0 Å². The number of Topliss-reactive ketones (excluding diaryl/α,β-unsaturated/α-hetero) is 1. The molecule has 2 heterocycles. The molecule has 2 rings (SSSR count). The predicted molar refractivity (Wildman–Crippen MR) is 86.7 cm³/mol. The molecule has 0 aliphatic carbocycles. The van der Waals surface area contributed by atoms with Gasteiger partial charge in [-0.1, -0.05) is 13.8 Å². The van der Waals surface area contributed by atoms with E-state index >= 15 is 0 Å². The van der Waals surface area contributed by atoms with Crippen molar-refractivity contribution in [2.75, 3.05) is 6.50 Å². The van der Waals surface area contributed by atoms with Gasteiger partial charge in [-0.2, -0.15) is 13.2 Å². The van der Waals surface area contributed by atoms with Gasteiger partial charge in [0, 0.05) is 29.9 Å². The number of alkyl halides is 3. The van der Waals surface area contributed by atoms with Crippen molar-refractivity contribution in [3.05, 3.63) is 42.1 Å². The summed E-state index contributed by atoms with van der Waals surface area (Å²) >= 11 is 0. The van der Waals surface area contributed by atoms with E-state index in [4.69, 9.17) is 2.74 Å². The molecule has 0 spiro atoms. The summed E-state index contributed by atoms with van der Waals surface area (Å²) in [7, 11) is 0. The molecule has 2 aromatic heterocycles. The highest BCUT2D eigenvalue weighted by atomic mass is 19.4. The quantitative estimate of drug-likeness (QED) is 0.828. The second-order valence-electron chi connectivity index (χ2n) is 5.67. The zero-order valence-electron chi connectivity index (χ0n) is 15.8. The summed E-state index contributed by atoms with van der Waals surface area (Å²) < 4.78 is 53.2. The van der Waals surface area contributed by atoms with E-state index in [2.05, 4.69) is 20.3 Å². The summed E-state index contributed by atoms with van der Waals surface area (Å²) in [5, 5.41) is 2.56. The van der Waals surface area contributed by atoms with Crippen molar-refractivity contribution >= 4 is 5.78 Å². The first-order valence-electron chi connectivity index (χ1n) is 8.64. The zero-order valence-corrected chi connectivity index (χ0v) is 13.8. The van der Waals surface area contributed by atoms with Crippen molar-refractivity contribution in [3.8, 4) is 11.3 Å². The van der Waals surface area contributed by atoms with Crippen LogP contribution >= 0.6 is 0 Å². The summed E-state index contributed by atoms with van der Waals surface area (Å²) in [6.07, 6.45) is -2.09. The third-order valence-corrected chi connectivity index (χ3v) is 3.18. The van der Waals surface area contributed by atoms with Crippen LogP contribution in [0.1, 0.15) is 34.4 Å². The number of aryl methyl sites for hydroxylation is 1. The number of aromatic nitrogens is 3. The molecule has 134 valence electrons. The molecular weight excluding hydrogens is 333 g/mol. The molecule has 0 saturated heterocycles. The third-order valence-electron chi connectivity index (χ3n) is 3.18. The lowest BCUT2D eigenvalue weighted by atomic mass is 10.1. The second-order valence-corrected chi connectivity index (χ2v) is 5.67. The SMILES string of the molecule is [2H]C([2H])(NC(C)C)C(=O)CCc1cc(-c2ccc(C(F)(F)F)nc2)ncn1. The number of rotatable bonds is 7. The zero-order chi connectivity index (χ0) is 20.2.